The standard InChI is InChI=1S/C19H29NO2.C2HF3O2/c1-2-21-15-18-16-22-13-10-19(18)8-11-20(12-9-19)14-17-6-4-3-5-7-17;3-2(4,5)1(6)7/h3-7,18H,2,8-16H2,1H3;(H,6,7). The molecule has 1 N–H and O–H groups in total. The number of hydrogen-bond acceptors (Lipinski definition) is 4. The fraction of sp³-hybridized carbons (Fsp3) is 0.667. The lowest BCUT2D eigenvalue weighted by Crippen LogP contribution is -2.49. The van der Waals surface area contributed by atoms with E-state index in [-0.39, 0.29) is 0 Å². The number of rotatable bonds is 5. The van der Waals surface area contributed by atoms with Gasteiger partial charge in [-0.1, -0.05) is 30.3 Å². The smallest absolute Gasteiger partial charge is 0.475 e. The van der Waals surface area contributed by atoms with Gasteiger partial charge in [0.2, 0.25) is 0 Å². The van der Waals surface area contributed by atoms with E-state index in [9.17, 15) is 13.2 Å². The van der Waals surface area contributed by atoms with Crippen molar-refractivity contribution in [2.45, 2.75) is 38.9 Å². The van der Waals surface area contributed by atoms with Crippen LogP contribution in [-0.4, -0.2) is 61.7 Å². The molecular weight excluding hydrogens is 387 g/mol. The van der Waals surface area contributed by atoms with E-state index >= 15 is 0 Å². The molecule has 1 spiro atoms. The predicted molar refractivity (Wildman–Crippen MR) is 102 cm³/mol. The van der Waals surface area contributed by atoms with E-state index in [1.807, 2.05) is 0 Å². The molecule has 0 radical (unpaired) electrons. The molecule has 3 rings (SSSR count). The molecular formula is C21H30F3NO4. The lowest BCUT2D eigenvalue weighted by atomic mass is 9.66. The second kappa shape index (κ2) is 10.9. The summed E-state index contributed by atoms with van der Waals surface area (Å²) in [6, 6.07) is 10.8. The van der Waals surface area contributed by atoms with Gasteiger partial charge in [0.15, 0.2) is 0 Å². The van der Waals surface area contributed by atoms with Crippen molar-refractivity contribution in [3.8, 4) is 0 Å². The zero-order valence-corrected chi connectivity index (χ0v) is 16.8. The first-order valence-corrected chi connectivity index (χ1v) is 9.99. The summed E-state index contributed by atoms with van der Waals surface area (Å²) in [7, 11) is 0. The predicted octanol–water partition coefficient (Wildman–Crippen LogP) is 3.98. The summed E-state index contributed by atoms with van der Waals surface area (Å²) in [5.74, 6) is -2.17. The van der Waals surface area contributed by atoms with Crippen LogP contribution >= 0.6 is 0 Å². The van der Waals surface area contributed by atoms with Gasteiger partial charge in [0.25, 0.3) is 0 Å². The summed E-state index contributed by atoms with van der Waals surface area (Å²) in [6.07, 6.45) is -1.29. The quantitative estimate of drug-likeness (QED) is 0.786. The molecule has 2 fully saturated rings. The summed E-state index contributed by atoms with van der Waals surface area (Å²) in [5, 5.41) is 7.12. The molecule has 1 aromatic carbocycles. The zero-order valence-electron chi connectivity index (χ0n) is 16.8. The average molecular weight is 417 g/mol. The molecule has 8 heteroatoms. The van der Waals surface area contributed by atoms with Crippen molar-refractivity contribution >= 4 is 5.97 Å². The molecule has 0 saturated carbocycles. The van der Waals surface area contributed by atoms with Crippen molar-refractivity contribution in [2.75, 3.05) is 39.5 Å². The number of ether oxygens (including phenoxy) is 2. The van der Waals surface area contributed by atoms with Crippen LogP contribution in [0.1, 0.15) is 31.7 Å². The molecule has 1 unspecified atom stereocenters. The topological polar surface area (TPSA) is 59.0 Å². The minimum absolute atomic E-state index is 0.459. The van der Waals surface area contributed by atoms with E-state index in [1.54, 1.807) is 0 Å². The highest BCUT2D eigenvalue weighted by atomic mass is 19.4. The summed E-state index contributed by atoms with van der Waals surface area (Å²) in [4.78, 5) is 11.5. The number of carbonyl (C=O) groups is 1. The fourth-order valence-electron chi connectivity index (χ4n) is 4.02. The van der Waals surface area contributed by atoms with Crippen molar-refractivity contribution in [3.63, 3.8) is 0 Å². The number of piperidine rings is 1. The highest BCUT2D eigenvalue weighted by Crippen LogP contribution is 2.45. The summed E-state index contributed by atoms with van der Waals surface area (Å²) in [5.41, 5.74) is 1.89. The first-order valence-electron chi connectivity index (χ1n) is 9.99. The summed E-state index contributed by atoms with van der Waals surface area (Å²) in [6.45, 7) is 9.08. The maximum Gasteiger partial charge on any atom is 0.490 e. The maximum atomic E-state index is 10.6. The number of halogens is 3. The van der Waals surface area contributed by atoms with Crippen molar-refractivity contribution < 1.29 is 32.5 Å². The van der Waals surface area contributed by atoms with Crippen molar-refractivity contribution in [3.05, 3.63) is 35.9 Å². The van der Waals surface area contributed by atoms with Crippen LogP contribution in [0.4, 0.5) is 13.2 Å². The molecule has 2 aliphatic rings. The lowest BCUT2D eigenvalue weighted by Gasteiger charge is -2.49. The first-order chi connectivity index (χ1) is 13.8. The number of nitrogens with zero attached hydrogens (tertiary/aromatic N) is 1. The fourth-order valence-corrected chi connectivity index (χ4v) is 4.02. The minimum atomic E-state index is -5.08. The lowest BCUT2D eigenvalue weighted by molar-refractivity contribution is -0.192. The molecule has 2 aliphatic heterocycles. The van der Waals surface area contributed by atoms with Gasteiger partial charge in [0.05, 0.1) is 13.2 Å². The van der Waals surface area contributed by atoms with E-state index in [1.165, 1.54) is 37.9 Å². The molecule has 2 saturated heterocycles. The Kier molecular flexibility index (Phi) is 8.92. The highest BCUT2D eigenvalue weighted by molar-refractivity contribution is 5.73. The Balaban J connectivity index is 0.000000370. The SMILES string of the molecule is CCOCC1COCCC12CCN(Cc1ccccc1)CC2.O=C(O)C(F)(F)F. The highest BCUT2D eigenvalue weighted by Gasteiger charge is 2.43. The normalized spacial score (nSPS) is 22.0. The third-order valence-corrected chi connectivity index (χ3v) is 5.80. The molecule has 0 bridgehead atoms. The van der Waals surface area contributed by atoms with Crippen LogP contribution in [0.5, 0.6) is 0 Å². The third-order valence-electron chi connectivity index (χ3n) is 5.80. The second-order valence-electron chi connectivity index (χ2n) is 7.61. The molecule has 2 heterocycles. The van der Waals surface area contributed by atoms with Gasteiger partial charge in [-0.2, -0.15) is 13.2 Å². The zero-order chi connectivity index (χ0) is 21.3. The molecule has 164 valence electrons. The van der Waals surface area contributed by atoms with E-state index in [0.29, 0.717) is 11.3 Å². The Morgan fingerprint density at radius 1 is 1.24 bits per heavy atom. The van der Waals surface area contributed by atoms with Crippen molar-refractivity contribution in [1.29, 1.82) is 0 Å². The van der Waals surface area contributed by atoms with Gasteiger partial charge in [-0.25, -0.2) is 4.79 Å². The summed E-state index contributed by atoms with van der Waals surface area (Å²) < 4.78 is 43.2. The van der Waals surface area contributed by atoms with Gasteiger partial charge in [-0.05, 0) is 50.3 Å². The van der Waals surface area contributed by atoms with Gasteiger partial charge >= 0.3 is 12.1 Å². The van der Waals surface area contributed by atoms with E-state index < -0.39 is 12.1 Å². The average Bonchev–Trinajstić information content (AvgIpc) is 2.70. The number of carboxylic acid groups (broad SMARTS) is 1. The van der Waals surface area contributed by atoms with E-state index in [2.05, 4.69) is 42.2 Å². The Labute approximate surface area is 169 Å². The van der Waals surface area contributed by atoms with Crippen LogP contribution in [0.15, 0.2) is 30.3 Å². The van der Waals surface area contributed by atoms with Gasteiger partial charge < -0.3 is 14.6 Å². The number of carboxylic acids is 1. The monoisotopic (exact) mass is 417 g/mol. The molecule has 1 atom stereocenters. The van der Waals surface area contributed by atoms with Crippen LogP contribution in [0.25, 0.3) is 0 Å². The first kappa shape index (κ1) is 23.6. The molecule has 5 nitrogen and oxygen atoms in total. The Hall–Kier alpha value is -1.64. The van der Waals surface area contributed by atoms with Crippen LogP contribution in [0.3, 0.4) is 0 Å². The van der Waals surface area contributed by atoms with Crippen LogP contribution in [0, 0.1) is 11.3 Å². The van der Waals surface area contributed by atoms with E-state index in [4.69, 9.17) is 19.4 Å². The molecule has 1 aromatic rings. The van der Waals surface area contributed by atoms with E-state index in [0.717, 1.165) is 33.0 Å². The van der Waals surface area contributed by atoms with Crippen LogP contribution in [0.2, 0.25) is 0 Å². The van der Waals surface area contributed by atoms with Crippen molar-refractivity contribution in [2.24, 2.45) is 11.3 Å². The Morgan fingerprint density at radius 2 is 1.86 bits per heavy atom. The van der Waals surface area contributed by atoms with Crippen LogP contribution < -0.4 is 0 Å². The number of hydrogen-bond donors (Lipinski definition) is 1. The van der Waals surface area contributed by atoms with Gasteiger partial charge in [0, 0.05) is 25.7 Å². The maximum absolute atomic E-state index is 10.6. The van der Waals surface area contributed by atoms with Gasteiger partial charge in [-0.15, -0.1) is 0 Å². The summed E-state index contributed by atoms with van der Waals surface area (Å²) >= 11 is 0. The second-order valence-corrected chi connectivity index (χ2v) is 7.61. The van der Waals surface area contributed by atoms with Crippen LogP contribution in [-0.2, 0) is 20.8 Å². The minimum Gasteiger partial charge on any atom is -0.475 e. The Bertz CT molecular complexity index is 616. The largest absolute Gasteiger partial charge is 0.490 e. The third kappa shape index (κ3) is 7.28. The van der Waals surface area contributed by atoms with Gasteiger partial charge in [-0.3, -0.25) is 4.90 Å². The molecule has 0 amide bonds. The number of benzene rings is 1. The molecule has 29 heavy (non-hydrogen) atoms. The number of aliphatic carboxylic acids is 1. The molecule has 0 aromatic heterocycles. The molecule has 0 aliphatic carbocycles. The Morgan fingerprint density at radius 3 is 2.41 bits per heavy atom. The number of likely N-dealkylation sites (tertiary alicyclic amines) is 1. The van der Waals surface area contributed by atoms with Crippen molar-refractivity contribution in [1.82, 2.24) is 4.90 Å². The van der Waals surface area contributed by atoms with Gasteiger partial charge in [0.1, 0.15) is 0 Å². The number of alkyl halides is 3.